The number of ether oxygens (including phenoxy) is 2. The zero-order valence-corrected chi connectivity index (χ0v) is 18.2. The second kappa shape index (κ2) is 11.3. The van der Waals surface area contributed by atoms with Gasteiger partial charge in [-0.25, -0.2) is 8.42 Å². The second-order valence-corrected chi connectivity index (χ2v) is 8.42. The third kappa shape index (κ3) is 7.11. The number of hydrogen-bond acceptors (Lipinski definition) is 5. The summed E-state index contributed by atoms with van der Waals surface area (Å²) < 4.78 is 36.9. The SMILES string of the molecule is C=CCOc1cccc(NC(=O)CCCN(c2ccccc2OCC)S(C)(=O)=O)c1. The van der Waals surface area contributed by atoms with Crippen molar-refractivity contribution in [2.45, 2.75) is 19.8 Å². The van der Waals surface area contributed by atoms with E-state index in [1.54, 1.807) is 54.6 Å². The molecule has 0 bridgehead atoms. The minimum absolute atomic E-state index is 0.166. The summed E-state index contributed by atoms with van der Waals surface area (Å²) in [6.45, 7) is 6.40. The standard InChI is InChI=1S/C22H28N2O5S/c1-4-16-29-19-11-8-10-18(17-19)23-22(25)14-9-15-24(30(3,26)27)20-12-6-7-13-21(20)28-5-2/h4,6-8,10-13,17H,1,5,9,14-16H2,2-3H3,(H,23,25). The van der Waals surface area contributed by atoms with Crippen LogP contribution in [-0.4, -0.2) is 40.3 Å². The highest BCUT2D eigenvalue weighted by atomic mass is 32.2. The van der Waals surface area contributed by atoms with Crippen molar-refractivity contribution < 1.29 is 22.7 Å². The van der Waals surface area contributed by atoms with Crippen molar-refractivity contribution in [3.63, 3.8) is 0 Å². The molecule has 0 heterocycles. The Balaban J connectivity index is 1.99. The highest BCUT2D eigenvalue weighted by Gasteiger charge is 2.21. The number of amides is 1. The van der Waals surface area contributed by atoms with Crippen LogP contribution >= 0.6 is 0 Å². The quantitative estimate of drug-likeness (QED) is 0.515. The van der Waals surface area contributed by atoms with E-state index < -0.39 is 10.0 Å². The average Bonchev–Trinajstić information content (AvgIpc) is 2.70. The summed E-state index contributed by atoms with van der Waals surface area (Å²) in [4.78, 5) is 12.3. The van der Waals surface area contributed by atoms with Gasteiger partial charge in [0.1, 0.15) is 18.1 Å². The molecule has 0 aromatic heterocycles. The lowest BCUT2D eigenvalue weighted by Crippen LogP contribution is -2.31. The molecule has 30 heavy (non-hydrogen) atoms. The first-order valence-corrected chi connectivity index (χ1v) is 11.5. The summed E-state index contributed by atoms with van der Waals surface area (Å²) in [5, 5.41) is 2.81. The van der Waals surface area contributed by atoms with Gasteiger partial charge >= 0.3 is 0 Å². The molecule has 7 nitrogen and oxygen atoms in total. The number of sulfonamides is 1. The fraction of sp³-hybridized carbons (Fsp3) is 0.318. The van der Waals surface area contributed by atoms with Gasteiger partial charge in [0.2, 0.25) is 15.9 Å². The fourth-order valence-electron chi connectivity index (χ4n) is 2.83. The van der Waals surface area contributed by atoms with Gasteiger partial charge in [-0.3, -0.25) is 9.10 Å². The van der Waals surface area contributed by atoms with Gasteiger partial charge in [-0.1, -0.05) is 30.9 Å². The Labute approximate surface area is 178 Å². The summed E-state index contributed by atoms with van der Waals surface area (Å²) >= 11 is 0. The first kappa shape index (κ1) is 23.3. The van der Waals surface area contributed by atoms with Crippen LogP contribution in [0.15, 0.2) is 61.2 Å². The summed E-state index contributed by atoms with van der Waals surface area (Å²) in [6.07, 6.45) is 3.31. The number of hydrogen-bond donors (Lipinski definition) is 1. The van der Waals surface area contributed by atoms with Crippen LogP contribution in [0, 0.1) is 0 Å². The molecule has 2 aromatic rings. The molecular weight excluding hydrogens is 404 g/mol. The molecule has 0 atom stereocenters. The van der Waals surface area contributed by atoms with E-state index in [9.17, 15) is 13.2 Å². The number of carbonyl (C=O) groups excluding carboxylic acids is 1. The Hall–Kier alpha value is -3.00. The van der Waals surface area contributed by atoms with Gasteiger partial charge in [0.15, 0.2) is 0 Å². The molecule has 0 fully saturated rings. The molecule has 2 aromatic carbocycles. The molecule has 0 unspecified atom stereocenters. The molecule has 162 valence electrons. The Kier molecular flexibility index (Phi) is 8.73. The van der Waals surface area contributed by atoms with Crippen LogP contribution in [0.1, 0.15) is 19.8 Å². The highest BCUT2D eigenvalue weighted by molar-refractivity contribution is 7.92. The Morgan fingerprint density at radius 2 is 1.93 bits per heavy atom. The van der Waals surface area contributed by atoms with Crippen molar-refractivity contribution in [1.82, 2.24) is 0 Å². The zero-order chi connectivity index (χ0) is 22.0. The predicted molar refractivity (Wildman–Crippen MR) is 120 cm³/mol. The van der Waals surface area contributed by atoms with Crippen LogP contribution in [0.4, 0.5) is 11.4 Å². The lowest BCUT2D eigenvalue weighted by Gasteiger charge is -2.24. The average molecular weight is 433 g/mol. The van der Waals surface area contributed by atoms with Crippen molar-refractivity contribution in [2.75, 3.05) is 35.6 Å². The van der Waals surface area contributed by atoms with E-state index in [2.05, 4.69) is 11.9 Å². The van der Waals surface area contributed by atoms with E-state index in [-0.39, 0.29) is 18.9 Å². The van der Waals surface area contributed by atoms with Gasteiger partial charge in [-0.2, -0.15) is 0 Å². The van der Waals surface area contributed by atoms with Crippen molar-refractivity contribution >= 4 is 27.3 Å². The Morgan fingerprint density at radius 1 is 1.17 bits per heavy atom. The van der Waals surface area contributed by atoms with Crippen LogP contribution in [0.2, 0.25) is 0 Å². The molecule has 0 spiro atoms. The molecule has 0 radical (unpaired) electrons. The monoisotopic (exact) mass is 432 g/mol. The normalized spacial score (nSPS) is 10.9. The van der Waals surface area contributed by atoms with Crippen LogP contribution in [-0.2, 0) is 14.8 Å². The minimum Gasteiger partial charge on any atom is -0.492 e. The molecular formula is C22H28N2O5S. The lowest BCUT2D eigenvalue weighted by molar-refractivity contribution is -0.116. The maximum atomic E-state index is 12.3. The second-order valence-electron chi connectivity index (χ2n) is 6.52. The first-order chi connectivity index (χ1) is 14.3. The van der Waals surface area contributed by atoms with Gasteiger partial charge in [0, 0.05) is 24.7 Å². The smallest absolute Gasteiger partial charge is 0.232 e. The number of nitrogens with one attached hydrogen (secondary N) is 1. The molecule has 0 saturated carbocycles. The Bertz CT molecular complexity index is 960. The molecule has 0 aliphatic rings. The van der Waals surface area contributed by atoms with E-state index >= 15 is 0 Å². The van der Waals surface area contributed by atoms with Gasteiger partial charge in [0.05, 0.1) is 18.6 Å². The van der Waals surface area contributed by atoms with Crippen LogP contribution in [0.3, 0.4) is 0 Å². The highest BCUT2D eigenvalue weighted by Crippen LogP contribution is 2.30. The summed E-state index contributed by atoms with van der Waals surface area (Å²) in [5.74, 6) is 0.914. The topological polar surface area (TPSA) is 84.9 Å². The number of nitrogens with zero attached hydrogens (tertiary/aromatic N) is 1. The largest absolute Gasteiger partial charge is 0.492 e. The molecule has 0 aliphatic heterocycles. The maximum Gasteiger partial charge on any atom is 0.232 e. The molecule has 0 saturated heterocycles. The fourth-order valence-corrected chi connectivity index (χ4v) is 3.80. The number of anilines is 2. The van der Waals surface area contributed by atoms with Crippen molar-refractivity contribution in [2.24, 2.45) is 0 Å². The number of carbonyl (C=O) groups is 1. The maximum absolute atomic E-state index is 12.3. The molecule has 1 amide bonds. The number of rotatable bonds is 12. The van der Waals surface area contributed by atoms with Crippen LogP contribution < -0.4 is 19.1 Å². The van der Waals surface area contributed by atoms with Crippen LogP contribution in [0.25, 0.3) is 0 Å². The van der Waals surface area contributed by atoms with E-state index in [4.69, 9.17) is 9.47 Å². The molecule has 8 heteroatoms. The first-order valence-electron chi connectivity index (χ1n) is 9.68. The van der Waals surface area contributed by atoms with Crippen molar-refractivity contribution in [3.05, 3.63) is 61.2 Å². The number of para-hydroxylation sites is 2. The lowest BCUT2D eigenvalue weighted by atomic mass is 10.2. The third-order valence-corrected chi connectivity index (χ3v) is 5.26. The van der Waals surface area contributed by atoms with Crippen LogP contribution in [0.5, 0.6) is 11.5 Å². The molecule has 2 rings (SSSR count). The summed E-state index contributed by atoms with van der Waals surface area (Å²) in [6, 6.07) is 14.0. The van der Waals surface area contributed by atoms with E-state index in [0.717, 1.165) is 6.26 Å². The van der Waals surface area contributed by atoms with Gasteiger partial charge in [-0.15, -0.1) is 0 Å². The van der Waals surface area contributed by atoms with Gasteiger partial charge in [-0.05, 0) is 37.6 Å². The van der Waals surface area contributed by atoms with Gasteiger partial charge < -0.3 is 14.8 Å². The zero-order valence-electron chi connectivity index (χ0n) is 17.3. The number of benzene rings is 2. The van der Waals surface area contributed by atoms with Crippen molar-refractivity contribution in [3.8, 4) is 11.5 Å². The summed E-state index contributed by atoms with van der Waals surface area (Å²) in [5.41, 5.74) is 1.08. The molecule has 0 aliphatic carbocycles. The van der Waals surface area contributed by atoms with Gasteiger partial charge in [0.25, 0.3) is 0 Å². The van der Waals surface area contributed by atoms with E-state index in [1.165, 1.54) is 4.31 Å². The molecule has 1 N–H and O–H groups in total. The van der Waals surface area contributed by atoms with E-state index in [0.29, 0.717) is 42.5 Å². The minimum atomic E-state index is -3.53. The van der Waals surface area contributed by atoms with Crippen molar-refractivity contribution in [1.29, 1.82) is 0 Å². The predicted octanol–water partition coefficient (Wildman–Crippen LogP) is 3.84. The Morgan fingerprint density at radius 3 is 2.63 bits per heavy atom. The summed E-state index contributed by atoms with van der Waals surface area (Å²) in [7, 11) is -3.53. The third-order valence-electron chi connectivity index (χ3n) is 4.08. The van der Waals surface area contributed by atoms with E-state index in [1.807, 2.05) is 6.92 Å².